The molecule has 0 aromatic heterocycles. The van der Waals surface area contributed by atoms with Crippen molar-refractivity contribution in [1.29, 1.82) is 0 Å². The van der Waals surface area contributed by atoms with E-state index < -0.39 is 29.3 Å². The van der Waals surface area contributed by atoms with Gasteiger partial charge in [-0.05, 0) is 18.6 Å². The Kier molecular flexibility index (Phi) is 3.88. The standard InChI is InChI=1S/C12H14F2N2O2/c13-9-2-1-3-10(14)12(9)15-11(18)7-16-5-4-8(17)6-16/h1-3,8,17H,4-7H2,(H,15,18)/t8-/m1/s1. The SMILES string of the molecule is O=C(CN1CC[C@@H](O)C1)Nc1c(F)cccc1F. The van der Waals surface area contributed by atoms with Gasteiger partial charge in [-0.1, -0.05) is 6.07 Å². The number of aliphatic hydroxyl groups excluding tert-OH is 1. The predicted molar refractivity (Wildman–Crippen MR) is 62.1 cm³/mol. The van der Waals surface area contributed by atoms with Crippen LogP contribution in [0.15, 0.2) is 18.2 Å². The quantitative estimate of drug-likeness (QED) is 0.847. The zero-order valence-corrected chi connectivity index (χ0v) is 9.70. The second kappa shape index (κ2) is 5.41. The molecule has 98 valence electrons. The van der Waals surface area contributed by atoms with Crippen LogP contribution < -0.4 is 5.32 Å². The van der Waals surface area contributed by atoms with E-state index in [9.17, 15) is 18.7 Å². The van der Waals surface area contributed by atoms with Crippen LogP contribution in [0.3, 0.4) is 0 Å². The van der Waals surface area contributed by atoms with Crippen molar-refractivity contribution in [2.75, 3.05) is 25.0 Å². The maximum Gasteiger partial charge on any atom is 0.238 e. The van der Waals surface area contributed by atoms with E-state index in [-0.39, 0.29) is 6.54 Å². The fourth-order valence-corrected chi connectivity index (χ4v) is 1.96. The van der Waals surface area contributed by atoms with Gasteiger partial charge in [0.2, 0.25) is 5.91 Å². The van der Waals surface area contributed by atoms with Crippen LogP contribution in [0.2, 0.25) is 0 Å². The number of β-amino-alcohol motifs (C(OH)–C–C–N with tert-alkyl or cyclic N) is 1. The van der Waals surface area contributed by atoms with Crippen LogP contribution in [-0.4, -0.2) is 41.7 Å². The Morgan fingerprint density at radius 2 is 2.11 bits per heavy atom. The molecule has 0 aliphatic carbocycles. The van der Waals surface area contributed by atoms with E-state index in [4.69, 9.17) is 0 Å². The minimum absolute atomic E-state index is 0.0187. The van der Waals surface area contributed by atoms with E-state index in [1.54, 1.807) is 4.90 Å². The third-order valence-electron chi connectivity index (χ3n) is 2.84. The monoisotopic (exact) mass is 256 g/mol. The van der Waals surface area contributed by atoms with Crippen LogP contribution in [0.5, 0.6) is 0 Å². The number of aliphatic hydroxyl groups is 1. The molecule has 2 N–H and O–H groups in total. The summed E-state index contributed by atoms with van der Waals surface area (Å²) in [6.07, 6.45) is 0.185. The van der Waals surface area contributed by atoms with Crippen LogP contribution in [0, 0.1) is 11.6 Å². The number of likely N-dealkylation sites (tertiary alicyclic amines) is 1. The molecule has 1 aliphatic heterocycles. The summed E-state index contributed by atoms with van der Waals surface area (Å²) in [7, 11) is 0. The second-order valence-electron chi connectivity index (χ2n) is 4.32. The number of benzene rings is 1. The lowest BCUT2D eigenvalue weighted by Crippen LogP contribution is -2.32. The number of para-hydroxylation sites is 1. The molecule has 6 heteroatoms. The summed E-state index contributed by atoms with van der Waals surface area (Å²) in [5.74, 6) is -2.09. The number of rotatable bonds is 3. The van der Waals surface area contributed by atoms with Crippen LogP contribution in [0.1, 0.15) is 6.42 Å². The van der Waals surface area contributed by atoms with Gasteiger partial charge in [0.15, 0.2) is 0 Å². The zero-order chi connectivity index (χ0) is 13.1. The summed E-state index contributed by atoms with van der Waals surface area (Å²) in [6.45, 7) is 1.03. The molecule has 1 amide bonds. The lowest BCUT2D eigenvalue weighted by atomic mass is 10.3. The third-order valence-corrected chi connectivity index (χ3v) is 2.84. The molecule has 1 fully saturated rings. The van der Waals surface area contributed by atoms with Gasteiger partial charge in [0.05, 0.1) is 12.6 Å². The van der Waals surface area contributed by atoms with Gasteiger partial charge in [-0.2, -0.15) is 0 Å². The molecule has 2 rings (SSSR count). The fourth-order valence-electron chi connectivity index (χ4n) is 1.96. The molecule has 4 nitrogen and oxygen atoms in total. The van der Waals surface area contributed by atoms with Crippen molar-refractivity contribution in [2.45, 2.75) is 12.5 Å². The fraction of sp³-hybridized carbons (Fsp3) is 0.417. The molecule has 0 unspecified atom stereocenters. The third kappa shape index (κ3) is 3.02. The Hall–Kier alpha value is -1.53. The number of amides is 1. The molecule has 1 aromatic carbocycles. The van der Waals surface area contributed by atoms with Crippen molar-refractivity contribution in [3.8, 4) is 0 Å². The number of anilines is 1. The first kappa shape index (κ1) is 12.9. The van der Waals surface area contributed by atoms with Gasteiger partial charge in [0.1, 0.15) is 17.3 Å². The molecule has 1 aromatic rings. The number of halogens is 2. The average Bonchev–Trinajstić information content (AvgIpc) is 2.69. The average molecular weight is 256 g/mol. The molecule has 1 heterocycles. The van der Waals surface area contributed by atoms with Gasteiger partial charge in [0, 0.05) is 13.1 Å². The number of nitrogens with zero attached hydrogens (tertiary/aromatic N) is 1. The van der Waals surface area contributed by atoms with Crippen molar-refractivity contribution in [3.05, 3.63) is 29.8 Å². The molecular weight excluding hydrogens is 242 g/mol. The van der Waals surface area contributed by atoms with Gasteiger partial charge < -0.3 is 10.4 Å². The van der Waals surface area contributed by atoms with Crippen molar-refractivity contribution >= 4 is 11.6 Å². The molecule has 0 bridgehead atoms. The highest BCUT2D eigenvalue weighted by Gasteiger charge is 2.22. The second-order valence-corrected chi connectivity index (χ2v) is 4.32. The molecule has 18 heavy (non-hydrogen) atoms. The van der Waals surface area contributed by atoms with Gasteiger partial charge in [-0.3, -0.25) is 9.69 Å². The minimum atomic E-state index is -0.801. The van der Waals surface area contributed by atoms with Crippen molar-refractivity contribution in [2.24, 2.45) is 0 Å². The van der Waals surface area contributed by atoms with Gasteiger partial charge in [-0.15, -0.1) is 0 Å². The van der Waals surface area contributed by atoms with Crippen molar-refractivity contribution < 1.29 is 18.7 Å². The Balaban J connectivity index is 1.95. The molecule has 1 atom stereocenters. The minimum Gasteiger partial charge on any atom is -0.392 e. The zero-order valence-electron chi connectivity index (χ0n) is 9.70. The first-order valence-corrected chi connectivity index (χ1v) is 5.70. The molecule has 0 spiro atoms. The van der Waals surface area contributed by atoms with E-state index in [0.717, 1.165) is 12.1 Å². The maximum atomic E-state index is 13.3. The summed E-state index contributed by atoms with van der Waals surface area (Å²) in [6, 6.07) is 3.40. The van der Waals surface area contributed by atoms with Gasteiger partial charge >= 0.3 is 0 Å². The highest BCUT2D eigenvalue weighted by atomic mass is 19.1. The normalized spacial score (nSPS) is 20.1. The highest BCUT2D eigenvalue weighted by Crippen LogP contribution is 2.18. The summed E-state index contributed by atoms with van der Waals surface area (Å²) in [4.78, 5) is 13.3. The van der Waals surface area contributed by atoms with Crippen LogP contribution in [0.4, 0.5) is 14.5 Å². The van der Waals surface area contributed by atoms with Crippen LogP contribution >= 0.6 is 0 Å². The lowest BCUT2D eigenvalue weighted by molar-refractivity contribution is -0.117. The topological polar surface area (TPSA) is 52.6 Å². The largest absolute Gasteiger partial charge is 0.392 e. The van der Waals surface area contributed by atoms with Crippen LogP contribution in [0.25, 0.3) is 0 Å². The Morgan fingerprint density at radius 1 is 1.44 bits per heavy atom. The van der Waals surface area contributed by atoms with E-state index in [1.165, 1.54) is 6.07 Å². The van der Waals surface area contributed by atoms with E-state index in [2.05, 4.69) is 5.32 Å². The number of hydrogen-bond donors (Lipinski definition) is 2. The number of carbonyl (C=O) groups excluding carboxylic acids is 1. The first-order valence-electron chi connectivity index (χ1n) is 5.70. The Bertz CT molecular complexity index is 433. The van der Waals surface area contributed by atoms with E-state index in [0.29, 0.717) is 19.5 Å². The first-order chi connectivity index (χ1) is 8.56. The number of nitrogens with one attached hydrogen (secondary N) is 1. The highest BCUT2D eigenvalue weighted by molar-refractivity contribution is 5.92. The molecule has 1 saturated heterocycles. The van der Waals surface area contributed by atoms with E-state index >= 15 is 0 Å². The van der Waals surface area contributed by atoms with Gasteiger partial charge in [0.25, 0.3) is 0 Å². The maximum absolute atomic E-state index is 13.3. The van der Waals surface area contributed by atoms with Crippen molar-refractivity contribution in [1.82, 2.24) is 4.90 Å². The van der Waals surface area contributed by atoms with E-state index in [1.807, 2.05) is 0 Å². The molecule has 0 saturated carbocycles. The van der Waals surface area contributed by atoms with Crippen molar-refractivity contribution in [3.63, 3.8) is 0 Å². The number of hydrogen-bond acceptors (Lipinski definition) is 3. The lowest BCUT2D eigenvalue weighted by Gasteiger charge is -2.14. The smallest absolute Gasteiger partial charge is 0.238 e. The Morgan fingerprint density at radius 3 is 2.67 bits per heavy atom. The summed E-state index contributed by atoms with van der Waals surface area (Å²) >= 11 is 0. The van der Waals surface area contributed by atoms with Gasteiger partial charge in [-0.25, -0.2) is 8.78 Å². The summed E-state index contributed by atoms with van der Waals surface area (Å²) < 4.78 is 26.6. The summed E-state index contributed by atoms with van der Waals surface area (Å²) in [5.41, 5.74) is -0.428. The predicted octanol–water partition coefficient (Wildman–Crippen LogP) is 0.970. The molecule has 1 aliphatic rings. The molecule has 0 radical (unpaired) electrons. The summed E-state index contributed by atoms with van der Waals surface area (Å²) in [5, 5.41) is 11.5. The van der Waals surface area contributed by atoms with Crippen LogP contribution in [-0.2, 0) is 4.79 Å². The Labute approximate surface area is 103 Å². The molecular formula is C12H14F2N2O2. The number of carbonyl (C=O) groups is 1.